The zero-order chi connectivity index (χ0) is 17.0. The van der Waals surface area contributed by atoms with Crippen LogP contribution >= 0.6 is 0 Å². The van der Waals surface area contributed by atoms with E-state index in [0.29, 0.717) is 12.0 Å². The molecule has 1 aromatic carbocycles. The highest BCUT2D eigenvalue weighted by molar-refractivity contribution is 5.81. The minimum Gasteiger partial charge on any atom is -0.354 e. The molecule has 0 aliphatic heterocycles. The van der Waals surface area contributed by atoms with Gasteiger partial charge in [-0.25, -0.2) is 0 Å². The number of carbonyl (C=O) groups is 1. The molecule has 22 heavy (non-hydrogen) atoms. The van der Waals surface area contributed by atoms with Gasteiger partial charge in [-0.15, -0.1) is 0 Å². The van der Waals surface area contributed by atoms with E-state index in [0.717, 1.165) is 18.6 Å². The Morgan fingerprint density at radius 1 is 1.27 bits per heavy atom. The number of rotatable bonds is 6. The maximum absolute atomic E-state index is 12.8. The van der Waals surface area contributed by atoms with Crippen molar-refractivity contribution < 1.29 is 18.0 Å². The molecular weight excluding hydrogens is 293 g/mol. The van der Waals surface area contributed by atoms with Crippen LogP contribution in [0.2, 0.25) is 0 Å². The van der Waals surface area contributed by atoms with Crippen LogP contribution in [-0.2, 0) is 16.4 Å². The molecule has 3 nitrogen and oxygen atoms in total. The zero-order valence-electron chi connectivity index (χ0n) is 13.1. The average molecular weight is 316 g/mol. The van der Waals surface area contributed by atoms with E-state index < -0.39 is 23.2 Å². The van der Waals surface area contributed by atoms with Crippen molar-refractivity contribution in [1.29, 1.82) is 0 Å². The Morgan fingerprint density at radius 3 is 2.41 bits per heavy atom. The molecule has 1 aromatic rings. The zero-order valence-corrected chi connectivity index (χ0v) is 13.1. The van der Waals surface area contributed by atoms with E-state index in [1.165, 1.54) is 6.07 Å². The standard InChI is InChI=1S/C16H23F3N2O/c1-4-6-13(20)14(22)21-10-15(2,3)11-7-5-8-12(9-11)16(17,18)19/h5,7-9,13H,4,6,10,20H2,1-3H3,(H,21,22). The fourth-order valence-corrected chi connectivity index (χ4v) is 2.10. The minimum absolute atomic E-state index is 0.227. The van der Waals surface area contributed by atoms with Crippen molar-refractivity contribution in [3.63, 3.8) is 0 Å². The SMILES string of the molecule is CCCC(N)C(=O)NCC(C)(C)c1cccc(C(F)(F)F)c1. The maximum atomic E-state index is 12.8. The lowest BCUT2D eigenvalue weighted by molar-refractivity contribution is -0.137. The maximum Gasteiger partial charge on any atom is 0.416 e. The quantitative estimate of drug-likeness (QED) is 0.846. The third kappa shape index (κ3) is 5.02. The summed E-state index contributed by atoms with van der Waals surface area (Å²) in [5.74, 6) is -0.276. The lowest BCUT2D eigenvalue weighted by atomic mass is 9.83. The summed E-state index contributed by atoms with van der Waals surface area (Å²) in [5.41, 5.74) is 4.93. The molecular formula is C16H23F3N2O. The molecule has 6 heteroatoms. The van der Waals surface area contributed by atoms with E-state index in [1.807, 2.05) is 6.92 Å². The highest BCUT2D eigenvalue weighted by atomic mass is 19.4. The molecule has 0 aromatic heterocycles. The molecule has 0 saturated carbocycles. The summed E-state index contributed by atoms with van der Waals surface area (Å²) in [7, 11) is 0. The summed E-state index contributed by atoms with van der Waals surface area (Å²) < 4.78 is 38.3. The molecule has 0 saturated heterocycles. The number of benzene rings is 1. The largest absolute Gasteiger partial charge is 0.416 e. The summed E-state index contributed by atoms with van der Waals surface area (Å²) in [5, 5.41) is 2.72. The number of hydrogen-bond donors (Lipinski definition) is 2. The fourth-order valence-electron chi connectivity index (χ4n) is 2.10. The molecule has 0 bridgehead atoms. The molecule has 124 valence electrons. The van der Waals surface area contributed by atoms with E-state index in [1.54, 1.807) is 19.9 Å². The van der Waals surface area contributed by atoms with Crippen molar-refractivity contribution in [3.8, 4) is 0 Å². The van der Waals surface area contributed by atoms with Gasteiger partial charge in [0, 0.05) is 12.0 Å². The van der Waals surface area contributed by atoms with Crippen molar-refractivity contribution >= 4 is 5.91 Å². The Morgan fingerprint density at radius 2 is 1.86 bits per heavy atom. The molecule has 0 fully saturated rings. The molecule has 0 spiro atoms. The van der Waals surface area contributed by atoms with Gasteiger partial charge in [0.05, 0.1) is 11.6 Å². The second kappa shape index (κ2) is 7.13. The van der Waals surface area contributed by atoms with Crippen LogP contribution in [0.5, 0.6) is 0 Å². The van der Waals surface area contributed by atoms with E-state index in [4.69, 9.17) is 5.73 Å². The third-order valence-corrected chi connectivity index (χ3v) is 3.61. The number of amides is 1. The van der Waals surface area contributed by atoms with Crippen molar-refractivity contribution in [2.45, 2.75) is 51.2 Å². The number of carbonyl (C=O) groups excluding carboxylic acids is 1. The first-order valence-electron chi connectivity index (χ1n) is 7.29. The van der Waals surface area contributed by atoms with Crippen molar-refractivity contribution in [2.24, 2.45) is 5.73 Å². The number of halogens is 3. The highest BCUT2D eigenvalue weighted by Gasteiger charge is 2.32. The van der Waals surface area contributed by atoms with E-state index in [9.17, 15) is 18.0 Å². The topological polar surface area (TPSA) is 55.1 Å². The summed E-state index contributed by atoms with van der Waals surface area (Å²) in [4.78, 5) is 11.8. The predicted molar refractivity (Wildman–Crippen MR) is 80.4 cm³/mol. The normalized spacial score (nSPS) is 13.8. The van der Waals surface area contributed by atoms with Gasteiger partial charge in [-0.3, -0.25) is 4.79 Å². The molecule has 1 rings (SSSR count). The van der Waals surface area contributed by atoms with Gasteiger partial charge < -0.3 is 11.1 Å². The van der Waals surface area contributed by atoms with Crippen molar-refractivity contribution in [2.75, 3.05) is 6.54 Å². The summed E-state index contributed by atoms with van der Waals surface area (Å²) in [6.45, 7) is 5.73. The summed E-state index contributed by atoms with van der Waals surface area (Å²) in [6.07, 6.45) is -3.00. The van der Waals surface area contributed by atoms with Crippen LogP contribution in [0.3, 0.4) is 0 Å². The lowest BCUT2D eigenvalue weighted by Crippen LogP contribution is -2.45. The first kappa shape index (κ1) is 18.5. The number of hydrogen-bond acceptors (Lipinski definition) is 2. The molecule has 0 heterocycles. The number of alkyl halides is 3. The molecule has 0 aliphatic rings. The monoisotopic (exact) mass is 316 g/mol. The Bertz CT molecular complexity index is 512. The molecule has 0 aliphatic carbocycles. The predicted octanol–water partition coefficient (Wildman–Crippen LogP) is 3.23. The van der Waals surface area contributed by atoms with Gasteiger partial charge in [0.25, 0.3) is 0 Å². The van der Waals surface area contributed by atoms with E-state index >= 15 is 0 Å². The first-order valence-corrected chi connectivity index (χ1v) is 7.29. The Hall–Kier alpha value is -1.56. The highest BCUT2D eigenvalue weighted by Crippen LogP contribution is 2.32. The van der Waals surface area contributed by atoms with Crippen LogP contribution in [0.25, 0.3) is 0 Å². The average Bonchev–Trinajstić information content (AvgIpc) is 2.44. The first-order chi connectivity index (χ1) is 10.1. The fraction of sp³-hybridized carbons (Fsp3) is 0.562. The van der Waals surface area contributed by atoms with Crippen LogP contribution in [0, 0.1) is 0 Å². The van der Waals surface area contributed by atoms with Crippen LogP contribution < -0.4 is 11.1 Å². The van der Waals surface area contributed by atoms with Crippen LogP contribution in [0.15, 0.2) is 24.3 Å². The molecule has 1 amide bonds. The van der Waals surface area contributed by atoms with E-state index in [2.05, 4.69) is 5.32 Å². The molecule has 0 radical (unpaired) electrons. The Kier molecular flexibility index (Phi) is 6.00. The third-order valence-electron chi connectivity index (χ3n) is 3.61. The van der Waals surface area contributed by atoms with Crippen LogP contribution in [0.4, 0.5) is 13.2 Å². The number of nitrogens with two attached hydrogens (primary N) is 1. The lowest BCUT2D eigenvalue weighted by Gasteiger charge is -2.27. The molecule has 1 unspecified atom stereocenters. The number of nitrogens with one attached hydrogen (secondary N) is 1. The molecule has 1 atom stereocenters. The van der Waals surface area contributed by atoms with Gasteiger partial charge >= 0.3 is 6.18 Å². The van der Waals surface area contributed by atoms with Crippen molar-refractivity contribution in [3.05, 3.63) is 35.4 Å². The second-order valence-electron chi connectivity index (χ2n) is 6.08. The van der Waals surface area contributed by atoms with Gasteiger partial charge in [-0.1, -0.05) is 45.4 Å². The van der Waals surface area contributed by atoms with Crippen LogP contribution in [-0.4, -0.2) is 18.5 Å². The van der Waals surface area contributed by atoms with Gasteiger partial charge in [0.1, 0.15) is 0 Å². The van der Waals surface area contributed by atoms with Crippen molar-refractivity contribution in [1.82, 2.24) is 5.32 Å². The van der Waals surface area contributed by atoms with Crippen LogP contribution in [0.1, 0.15) is 44.7 Å². The Balaban J connectivity index is 2.80. The van der Waals surface area contributed by atoms with Gasteiger partial charge in [-0.05, 0) is 18.1 Å². The molecule has 3 N–H and O–H groups in total. The van der Waals surface area contributed by atoms with Gasteiger partial charge in [0.15, 0.2) is 0 Å². The minimum atomic E-state index is -4.38. The van der Waals surface area contributed by atoms with E-state index in [-0.39, 0.29) is 12.5 Å². The smallest absolute Gasteiger partial charge is 0.354 e. The van der Waals surface area contributed by atoms with Gasteiger partial charge in [-0.2, -0.15) is 13.2 Å². The Labute approximate surface area is 129 Å². The second-order valence-corrected chi connectivity index (χ2v) is 6.08. The summed E-state index contributed by atoms with van der Waals surface area (Å²) >= 11 is 0. The van der Waals surface area contributed by atoms with Gasteiger partial charge in [0.2, 0.25) is 5.91 Å². The summed E-state index contributed by atoms with van der Waals surface area (Å²) in [6, 6.07) is 4.59.